The molecule has 3 rings (SSSR count). The van der Waals surface area contributed by atoms with Crippen LogP contribution in [-0.2, 0) is 11.8 Å². The number of anilines is 1. The van der Waals surface area contributed by atoms with E-state index in [0.717, 1.165) is 18.6 Å². The van der Waals surface area contributed by atoms with E-state index in [1.807, 2.05) is 28.8 Å². The quantitative estimate of drug-likeness (QED) is 0.706. The minimum absolute atomic E-state index is 0.219. The fourth-order valence-electron chi connectivity index (χ4n) is 2.27. The zero-order chi connectivity index (χ0) is 12.5. The highest BCUT2D eigenvalue weighted by Gasteiger charge is 2.18. The first-order valence-electron chi connectivity index (χ1n) is 6.02. The highest BCUT2D eigenvalue weighted by Crippen LogP contribution is 2.23. The van der Waals surface area contributed by atoms with Crippen LogP contribution in [0.5, 0.6) is 0 Å². The summed E-state index contributed by atoms with van der Waals surface area (Å²) in [7, 11) is 1.94. The molecule has 0 aliphatic carbocycles. The van der Waals surface area contributed by atoms with E-state index in [2.05, 4.69) is 4.98 Å². The summed E-state index contributed by atoms with van der Waals surface area (Å²) in [5.74, 6) is -0.219. The average Bonchev–Trinajstić information content (AvgIpc) is 2.39. The number of aryl methyl sites for hydroxylation is 1. The van der Waals surface area contributed by atoms with Crippen LogP contribution in [0.25, 0.3) is 11.0 Å². The topological polar surface area (TPSA) is 29.2 Å². The first-order chi connectivity index (χ1) is 8.75. The van der Waals surface area contributed by atoms with E-state index in [4.69, 9.17) is 4.74 Å². The maximum Gasteiger partial charge on any atom is 0.233 e. The van der Waals surface area contributed by atoms with Gasteiger partial charge >= 0.3 is 0 Å². The average molecular weight is 248 g/mol. The highest BCUT2D eigenvalue weighted by atomic mass is 19.1. The summed E-state index contributed by atoms with van der Waals surface area (Å²) < 4.78 is 21.3. The van der Waals surface area contributed by atoms with Crippen LogP contribution in [0.3, 0.4) is 0 Å². The van der Waals surface area contributed by atoms with Gasteiger partial charge in [-0.15, -0.1) is 0 Å². The largest absolute Gasteiger partial charge is 0.378 e. The minimum atomic E-state index is -0.219. The van der Waals surface area contributed by atoms with E-state index in [0.29, 0.717) is 24.4 Å². The first kappa shape index (κ1) is 11.3. The Hall–Kier alpha value is -1.75. The van der Waals surface area contributed by atoms with Crippen LogP contribution in [0.15, 0.2) is 24.5 Å². The molecule has 5 heteroatoms. The number of halogens is 1. The van der Waals surface area contributed by atoms with Gasteiger partial charge in [-0.1, -0.05) is 0 Å². The van der Waals surface area contributed by atoms with Crippen molar-refractivity contribution in [2.75, 3.05) is 31.2 Å². The Kier molecular flexibility index (Phi) is 2.83. The van der Waals surface area contributed by atoms with E-state index in [9.17, 15) is 4.39 Å². The molecule has 1 aliphatic rings. The number of rotatable bonds is 1. The number of ether oxygens (including phenoxy) is 1. The molecule has 0 saturated carbocycles. The van der Waals surface area contributed by atoms with E-state index >= 15 is 0 Å². The maximum absolute atomic E-state index is 14.1. The molecule has 0 atom stereocenters. The van der Waals surface area contributed by atoms with E-state index < -0.39 is 0 Å². The van der Waals surface area contributed by atoms with Gasteiger partial charge in [-0.2, -0.15) is 4.57 Å². The van der Waals surface area contributed by atoms with Crippen molar-refractivity contribution in [2.45, 2.75) is 0 Å². The molecule has 94 valence electrons. The van der Waals surface area contributed by atoms with Crippen LogP contribution in [0.1, 0.15) is 0 Å². The zero-order valence-corrected chi connectivity index (χ0v) is 10.3. The van der Waals surface area contributed by atoms with Gasteiger partial charge < -0.3 is 9.64 Å². The first-order valence-corrected chi connectivity index (χ1v) is 6.02. The van der Waals surface area contributed by atoms with E-state index in [1.165, 1.54) is 6.07 Å². The number of benzene rings is 1. The zero-order valence-electron chi connectivity index (χ0n) is 10.3. The van der Waals surface area contributed by atoms with Crippen LogP contribution in [-0.4, -0.2) is 31.3 Å². The number of hydrogen-bond acceptors (Lipinski definition) is 3. The number of hydrogen-bond donors (Lipinski definition) is 0. The molecule has 4 nitrogen and oxygen atoms in total. The van der Waals surface area contributed by atoms with Crippen molar-refractivity contribution in [3.63, 3.8) is 0 Å². The molecule has 0 amide bonds. The maximum atomic E-state index is 14.1. The van der Waals surface area contributed by atoms with Crippen LogP contribution < -0.4 is 9.47 Å². The lowest BCUT2D eigenvalue weighted by Crippen LogP contribution is -2.37. The standard InChI is InChI=1S/C13H15FN3O/c1-16-3-2-15-11-8-10(14)12(9-13(11)16)17-4-6-18-7-5-17/h2-3,8-9H,4-7H2,1H3/q+1. The Labute approximate surface area is 105 Å². The molecular formula is C13H15FN3O+. The molecule has 18 heavy (non-hydrogen) atoms. The number of morpholine rings is 1. The van der Waals surface area contributed by atoms with Crippen LogP contribution in [0.2, 0.25) is 0 Å². The third-order valence-electron chi connectivity index (χ3n) is 3.28. The summed E-state index contributed by atoms with van der Waals surface area (Å²) in [6.45, 7) is 2.76. The van der Waals surface area contributed by atoms with Crippen LogP contribution in [0, 0.1) is 5.82 Å². The molecule has 1 aromatic carbocycles. The third kappa shape index (κ3) is 1.90. The second-order valence-corrected chi connectivity index (χ2v) is 4.43. The Balaban J connectivity index is 2.11. The smallest absolute Gasteiger partial charge is 0.233 e. The molecule has 1 saturated heterocycles. The molecule has 0 unspecified atom stereocenters. The van der Waals surface area contributed by atoms with Gasteiger partial charge in [0.25, 0.3) is 0 Å². The molecule has 0 spiro atoms. The summed E-state index contributed by atoms with van der Waals surface area (Å²) >= 11 is 0. The molecular weight excluding hydrogens is 233 g/mol. The number of aromatic nitrogens is 2. The molecule has 0 bridgehead atoms. The van der Waals surface area contributed by atoms with Crippen molar-refractivity contribution in [1.82, 2.24) is 4.98 Å². The summed E-state index contributed by atoms with van der Waals surface area (Å²) in [5, 5.41) is 0. The van der Waals surface area contributed by atoms with E-state index in [1.54, 1.807) is 6.20 Å². The molecule has 1 aromatic heterocycles. The fourth-order valence-corrected chi connectivity index (χ4v) is 2.27. The van der Waals surface area contributed by atoms with Crippen LogP contribution >= 0.6 is 0 Å². The third-order valence-corrected chi connectivity index (χ3v) is 3.28. The van der Waals surface area contributed by atoms with Crippen molar-refractivity contribution in [1.29, 1.82) is 0 Å². The van der Waals surface area contributed by atoms with Crippen molar-refractivity contribution in [2.24, 2.45) is 7.05 Å². The monoisotopic (exact) mass is 248 g/mol. The van der Waals surface area contributed by atoms with Gasteiger partial charge in [0.15, 0.2) is 6.20 Å². The lowest BCUT2D eigenvalue weighted by atomic mass is 10.2. The van der Waals surface area contributed by atoms with E-state index in [-0.39, 0.29) is 5.82 Å². The Bertz CT molecular complexity index is 582. The normalized spacial score (nSPS) is 16.2. The van der Waals surface area contributed by atoms with Gasteiger partial charge in [-0.25, -0.2) is 9.37 Å². The second kappa shape index (κ2) is 4.49. The number of fused-ring (bicyclic) bond motifs is 1. The van der Waals surface area contributed by atoms with Gasteiger partial charge in [0.2, 0.25) is 5.52 Å². The van der Waals surface area contributed by atoms with Crippen LogP contribution in [0.4, 0.5) is 10.1 Å². The summed E-state index contributed by atoms with van der Waals surface area (Å²) in [4.78, 5) is 6.20. The molecule has 0 N–H and O–H groups in total. The van der Waals surface area contributed by atoms with Gasteiger partial charge in [0.1, 0.15) is 18.4 Å². The van der Waals surface area contributed by atoms with Gasteiger partial charge in [-0.3, -0.25) is 0 Å². The Morgan fingerprint density at radius 2 is 2.11 bits per heavy atom. The van der Waals surface area contributed by atoms with Gasteiger partial charge in [0, 0.05) is 25.2 Å². The van der Waals surface area contributed by atoms with Crippen molar-refractivity contribution in [3.05, 3.63) is 30.3 Å². The van der Waals surface area contributed by atoms with Gasteiger partial charge in [-0.05, 0) is 0 Å². The molecule has 0 radical (unpaired) electrons. The molecule has 1 aliphatic heterocycles. The fraction of sp³-hybridized carbons (Fsp3) is 0.385. The molecule has 1 fully saturated rings. The predicted molar refractivity (Wildman–Crippen MR) is 65.9 cm³/mol. The van der Waals surface area contributed by atoms with Gasteiger partial charge in [0.05, 0.1) is 25.1 Å². The Morgan fingerprint density at radius 3 is 2.89 bits per heavy atom. The highest BCUT2D eigenvalue weighted by molar-refractivity contribution is 5.76. The SMILES string of the molecule is C[n+]1ccnc2cc(F)c(N3CCOCC3)cc21. The summed E-state index contributed by atoms with van der Waals surface area (Å²) in [5.41, 5.74) is 2.24. The Morgan fingerprint density at radius 1 is 1.33 bits per heavy atom. The molecule has 2 heterocycles. The second-order valence-electron chi connectivity index (χ2n) is 4.43. The van der Waals surface area contributed by atoms with Crippen molar-refractivity contribution < 1.29 is 13.7 Å². The lowest BCUT2D eigenvalue weighted by molar-refractivity contribution is -0.645. The molecule has 2 aromatic rings. The predicted octanol–water partition coefficient (Wildman–Crippen LogP) is 1.03. The number of nitrogens with zero attached hydrogens (tertiary/aromatic N) is 3. The lowest BCUT2D eigenvalue weighted by Gasteiger charge is -2.28. The van der Waals surface area contributed by atoms with Crippen molar-refractivity contribution in [3.8, 4) is 0 Å². The minimum Gasteiger partial charge on any atom is -0.378 e. The summed E-state index contributed by atoms with van der Waals surface area (Å²) in [6, 6.07) is 3.36. The summed E-state index contributed by atoms with van der Waals surface area (Å²) in [6.07, 6.45) is 3.54. The van der Waals surface area contributed by atoms with Crippen molar-refractivity contribution >= 4 is 16.7 Å².